The molecule has 1 fully saturated rings. The summed E-state index contributed by atoms with van der Waals surface area (Å²) in [5, 5.41) is 2.57. The quantitative estimate of drug-likeness (QED) is 0.161. The number of urea groups is 1. The molecule has 0 saturated carbocycles. The predicted octanol–water partition coefficient (Wildman–Crippen LogP) is 6.49. The number of aryl methyl sites for hydroxylation is 1. The van der Waals surface area contributed by atoms with Crippen molar-refractivity contribution in [3.8, 4) is 23.0 Å². The number of nitrogens with zero attached hydrogens (tertiary/aromatic N) is 1. The van der Waals surface area contributed by atoms with Crippen molar-refractivity contribution in [1.29, 1.82) is 0 Å². The van der Waals surface area contributed by atoms with Gasteiger partial charge in [-0.1, -0.05) is 60.1 Å². The lowest BCUT2D eigenvalue weighted by atomic mass is 10.1. The molecule has 0 atom stereocenters. The number of carbonyl (C=O) groups is 3. The van der Waals surface area contributed by atoms with E-state index in [4.69, 9.17) is 30.5 Å². The zero-order valence-electron chi connectivity index (χ0n) is 24.3. The number of barbiturate groups is 1. The Kier molecular flexibility index (Phi) is 9.16. The normalized spacial score (nSPS) is 14.0. The molecule has 0 unspecified atom stereocenters. The van der Waals surface area contributed by atoms with E-state index in [0.717, 1.165) is 16.0 Å². The largest absolute Gasteiger partial charge is 0.493 e. The molecular formula is C34H29ClN2O7. The number of halogens is 1. The Balaban J connectivity index is 1.31. The standard InChI is InChI=1S/C34H29ClN2O7/c1-21-9-12-25(35)18-27(21)37-33(39)26(32(38)36-34(37)40)15-23-10-13-28(30(16-23)41-2)44-20-24-11-14-29(31(17-24)42-3)43-19-22-7-5-4-6-8-22/h4-18H,19-20H2,1-3H3,(H,36,38,40)/b26-15+. The number of anilines is 1. The molecule has 9 nitrogen and oxygen atoms in total. The summed E-state index contributed by atoms with van der Waals surface area (Å²) in [6, 6.07) is 24.4. The van der Waals surface area contributed by atoms with Gasteiger partial charge in [0.25, 0.3) is 11.8 Å². The molecule has 0 radical (unpaired) electrons. The molecule has 5 rings (SSSR count). The summed E-state index contributed by atoms with van der Waals surface area (Å²) in [6.45, 7) is 2.36. The zero-order valence-corrected chi connectivity index (χ0v) is 25.0. The molecule has 1 saturated heterocycles. The molecule has 44 heavy (non-hydrogen) atoms. The van der Waals surface area contributed by atoms with Gasteiger partial charge in [-0.15, -0.1) is 0 Å². The molecule has 224 valence electrons. The third-order valence-electron chi connectivity index (χ3n) is 6.87. The van der Waals surface area contributed by atoms with Crippen LogP contribution in [0.2, 0.25) is 5.02 Å². The predicted molar refractivity (Wildman–Crippen MR) is 166 cm³/mol. The van der Waals surface area contributed by atoms with Gasteiger partial charge in [0.15, 0.2) is 23.0 Å². The molecule has 1 N–H and O–H groups in total. The molecule has 0 bridgehead atoms. The van der Waals surface area contributed by atoms with E-state index in [0.29, 0.717) is 45.8 Å². The first-order valence-corrected chi connectivity index (χ1v) is 14.0. The van der Waals surface area contributed by atoms with Crippen molar-refractivity contribution in [1.82, 2.24) is 5.32 Å². The van der Waals surface area contributed by atoms with Gasteiger partial charge in [0.05, 0.1) is 19.9 Å². The van der Waals surface area contributed by atoms with Crippen molar-refractivity contribution in [3.05, 3.63) is 118 Å². The van der Waals surface area contributed by atoms with Crippen molar-refractivity contribution in [2.45, 2.75) is 20.1 Å². The first-order chi connectivity index (χ1) is 21.3. The SMILES string of the molecule is COc1cc(/C=C2\C(=O)NC(=O)N(c3cc(Cl)ccc3C)C2=O)ccc1OCc1ccc(OCc2ccccc2)c(OC)c1. The van der Waals surface area contributed by atoms with E-state index in [1.807, 2.05) is 48.5 Å². The molecule has 1 aliphatic rings. The molecule has 0 spiro atoms. The van der Waals surface area contributed by atoms with Gasteiger partial charge in [0.1, 0.15) is 18.8 Å². The number of hydrogen-bond donors (Lipinski definition) is 1. The van der Waals surface area contributed by atoms with Crippen LogP contribution in [0.4, 0.5) is 10.5 Å². The Labute approximate surface area is 259 Å². The summed E-state index contributed by atoms with van der Waals surface area (Å²) in [4.78, 5) is 39.5. The Morgan fingerprint density at radius 1 is 0.750 bits per heavy atom. The van der Waals surface area contributed by atoms with Gasteiger partial charge in [0.2, 0.25) is 0 Å². The van der Waals surface area contributed by atoms with Crippen LogP contribution in [0.1, 0.15) is 22.3 Å². The van der Waals surface area contributed by atoms with Crippen molar-refractivity contribution >= 4 is 41.2 Å². The van der Waals surface area contributed by atoms with Crippen molar-refractivity contribution in [2.75, 3.05) is 19.1 Å². The minimum Gasteiger partial charge on any atom is -0.493 e. The van der Waals surface area contributed by atoms with Gasteiger partial charge < -0.3 is 18.9 Å². The van der Waals surface area contributed by atoms with Gasteiger partial charge >= 0.3 is 6.03 Å². The molecule has 1 heterocycles. The molecule has 0 aliphatic carbocycles. The van der Waals surface area contributed by atoms with Crippen LogP contribution in [0.25, 0.3) is 6.08 Å². The van der Waals surface area contributed by atoms with Crippen LogP contribution in [0.3, 0.4) is 0 Å². The summed E-state index contributed by atoms with van der Waals surface area (Å²) in [6.07, 6.45) is 1.39. The lowest BCUT2D eigenvalue weighted by Gasteiger charge is -2.27. The van der Waals surface area contributed by atoms with Crippen molar-refractivity contribution in [2.24, 2.45) is 0 Å². The highest BCUT2D eigenvalue weighted by molar-refractivity contribution is 6.39. The highest BCUT2D eigenvalue weighted by Crippen LogP contribution is 2.33. The topological polar surface area (TPSA) is 103 Å². The summed E-state index contributed by atoms with van der Waals surface area (Å²) < 4.78 is 23.0. The van der Waals surface area contributed by atoms with E-state index < -0.39 is 17.8 Å². The lowest BCUT2D eigenvalue weighted by Crippen LogP contribution is -2.54. The average Bonchev–Trinajstić information content (AvgIpc) is 3.03. The van der Waals surface area contributed by atoms with Gasteiger partial charge in [-0.3, -0.25) is 14.9 Å². The number of benzene rings is 4. The fourth-order valence-corrected chi connectivity index (χ4v) is 4.74. The number of imide groups is 2. The molecule has 0 aromatic heterocycles. The van der Waals surface area contributed by atoms with E-state index in [1.165, 1.54) is 19.3 Å². The van der Waals surface area contributed by atoms with E-state index in [1.54, 1.807) is 44.4 Å². The Morgan fingerprint density at radius 2 is 1.41 bits per heavy atom. The Bertz CT molecular complexity index is 1750. The third-order valence-corrected chi connectivity index (χ3v) is 7.11. The second kappa shape index (κ2) is 13.4. The number of rotatable bonds is 10. The second-order valence-electron chi connectivity index (χ2n) is 9.85. The monoisotopic (exact) mass is 612 g/mol. The summed E-state index contributed by atoms with van der Waals surface area (Å²) in [5.74, 6) is 0.447. The number of hydrogen-bond acceptors (Lipinski definition) is 7. The zero-order chi connectivity index (χ0) is 31.2. The van der Waals surface area contributed by atoms with Gasteiger partial charge in [-0.2, -0.15) is 0 Å². The third kappa shape index (κ3) is 6.68. The maximum Gasteiger partial charge on any atom is 0.335 e. The highest BCUT2D eigenvalue weighted by atomic mass is 35.5. The molecule has 4 aromatic rings. The summed E-state index contributed by atoms with van der Waals surface area (Å²) in [5.41, 5.74) is 3.08. The molecule has 4 aromatic carbocycles. The number of amides is 4. The molecule has 4 amide bonds. The van der Waals surface area contributed by atoms with E-state index >= 15 is 0 Å². The smallest absolute Gasteiger partial charge is 0.335 e. The average molecular weight is 613 g/mol. The lowest BCUT2D eigenvalue weighted by molar-refractivity contribution is -0.122. The molecule has 1 aliphatic heterocycles. The van der Waals surface area contributed by atoms with Crippen LogP contribution in [0.15, 0.2) is 90.5 Å². The minimum absolute atomic E-state index is 0.211. The maximum absolute atomic E-state index is 13.3. The van der Waals surface area contributed by atoms with Crippen LogP contribution >= 0.6 is 11.6 Å². The van der Waals surface area contributed by atoms with E-state index in [2.05, 4.69) is 5.32 Å². The number of nitrogens with one attached hydrogen (secondary N) is 1. The van der Waals surface area contributed by atoms with E-state index in [9.17, 15) is 14.4 Å². The minimum atomic E-state index is -0.851. The van der Waals surface area contributed by atoms with Gasteiger partial charge in [-0.25, -0.2) is 9.69 Å². The van der Waals surface area contributed by atoms with Crippen LogP contribution in [0.5, 0.6) is 23.0 Å². The van der Waals surface area contributed by atoms with Crippen LogP contribution in [-0.4, -0.2) is 32.1 Å². The van der Waals surface area contributed by atoms with Crippen molar-refractivity contribution < 1.29 is 33.3 Å². The van der Waals surface area contributed by atoms with Gasteiger partial charge in [0, 0.05) is 5.02 Å². The number of ether oxygens (including phenoxy) is 4. The second-order valence-corrected chi connectivity index (χ2v) is 10.3. The van der Waals surface area contributed by atoms with Crippen LogP contribution < -0.4 is 29.2 Å². The number of methoxy groups -OCH3 is 2. The summed E-state index contributed by atoms with van der Waals surface area (Å²) >= 11 is 6.11. The molecular weight excluding hydrogens is 584 g/mol. The molecule has 10 heteroatoms. The highest BCUT2D eigenvalue weighted by Gasteiger charge is 2.37. The van der Waals surface area contributed by atoms with Gasteiger partial charge in [-0.05, 0) is 71.7 Å². The fourth-order valence-electron chi connectivity index (χ4n) is 4.58. The Morgan fingerprint density at radius 3 is 2.11 bits per heavy atom. The maximum atomic E-state index is 13.3. The Hall–Kier alpha value is -5.28. The first kappa shape index (κ1) is 30.2. The fraction of sp³-hybridized carbons (Fsp3) is 0.147. The van der Waals surface area contributed by atoms with Crippen molar-refractivity contribution in [3.63, 3.8) is 0 Å². The first-order valence-electron chi connectivity index (χ1n) is 13.6. The van der Waals surface area contributed by atoms with E-state index in [-0.39, 0.29) is 17.9 Å². The van der Waals surface area contributed by atoms with Crippen LogP contribution in [-0.2, 0) is 22.8 Å². The van der Waals surface area contributed by atoms with Crippen LogP contribution in [0, 0.1) is 6.92 Å². The number of carbonyl (C=O) groups excluding carboxylic acids is 3. The summed E-state index contributed by atoms with van der Waals surface area (Å²) in [7, 11) is 3.07.